The number of rotatable bonds is 3. The van der Waals surface area contributed by atoms with Crippen molar-refractivity contribution >= 4 is 21.6 Å². The molecule has 1 atom stereocenters. The molecule has 0 N–H and O–H groups in total. The van der Waals surface area contributed by atoms with E-state index in [4.69, 9.17) is 0 Å². The van der Waals surface area contributed by atoms with Gasteiger partial charge < -0.3 is 0 Å². The molecular formula is C9H8BrF2NO2. The summed E-state index contributed by atoms with van der Waals surface area (Å²) in [6.07, 6.45) is 0. The molecule has 3 nitrogen and oxygen atoms in total. The molecule has 0 aliphatic rings. The Morgan fingerprint density at radius 1 is 1.47 bits per heavy atom. The van der Waals surface area contributed by atoms with Crippen LogP contribution in [0.5, 0.6) is 0 Å². The molecule has 0 aliphatic heterocycles. The third-order valence-corrected chi connectivity index (χ3v) is 3.00. The molecule has 0 saturated carbocycles. The van der Waals surface area contributed by atoms with E-state index >= 15 is 0 Å². The first-order chi connectivity index (χ1) is 6.97. The molecule has 0 saturated heterocycles. The first kappa shape index (κ1) is 12.0. The summed E-state index contributed by atoms with van der Waals surface area (Å²) >= 11 is 3.14. The fraction of sp³-hybridized carbons (Fsp3) is 0.333. The summed E-state index contributed by atoms with van der Waals surface area (Å²) in [4.78, 5) is 9.90. The maximum Gasteiger partial charge on any atom is 0.276 e. The van der Waals surface area contributed by atoms with Crippen LogP contribution >= 0.6 is 15.9 Å². The fourth-order valence-electron chi connectivity index (χ4n) is 1.19. The highest BCUT2D eigenvalue weighted by molar-refractivity contribution is 9.09. The molecule has 0 heterocycles. The number of halogens is 3. The molecule has 82 valence electrons. The molecule has 0 bridgehead atoms. The van der Waals surface area contributed by atoms with E-state index in [0.29, 0.717) is 11.4 Å². The first-order valence-electron chi connectivity index (χ1n) is 4.16. The van der Waals surface area contributed by atoms with Gasteiger partial charge in [0, 0.05) is 10.9 Å². The Bertz CT molecular complexity index is 398. The van der Waals surface area contributed by atoms with Gasteiger partial charge >= 0.3 is 0 Å². The van der Waals surface area contributed by atoms with E-state index in [1.165, 1.54) is 0 Å². The summed E-state index contributed by atoms with van der Waals surface area (Å²) in [6.45, 7) is 1.69. The van der Waals surface area contributed by atoms with Crippen molar-refractivity contribution in [2.45, 2.75) is 12.8 Å². The molecule has 0 fully saturated rings. The molecular weight excluding hydrogens is 272 g/mol. The first-order valence-corrected chi connectivity index (χ1v) is 5.28. The molecule has 1 rings (SSSR count). The number of nitro benzene ring substituents is 1. The highest BCUT2D eigenvalue weighted by Crippen LogP contribution is 2.29. The number of hydrogen-bond donors (Lipinski definition) is 0. The summed E-state index contributed by atoms with van der Waals surface area (Å²) in [7, 11) is 0. The number of hydrogen-bond acceptors (Lipinski definition) is 2. The highest BCUT2D eigenvalue weighted by atomic mass is 79.9. The second kappa shape index (κ2) is 4.65. The molecule has 0 spiro atoms. The number of nitrogens with zero attached hydrogens (tertiary/aromatic N) is 1. The number of alkyl halides is 1. The van der Waals surface area contributed by atoms with Gasteiger partial charge in [-0.05, 0) is 12.0 Å². The van der Waals surface area contributed by atoms with Crippen molar-refractivity contribution in [2.75, 3.05) is 5.33 Å². The molecule has 1 aromatic rings. The molecule has 0 amide bonds. The van der Waals surface area contributed by atoms with Crippen molar-refractivity contribution in [2.24, 2.45) is 0 Å². The van der Waals surface area contributed by atoms with Gasteiger partial charge in [0.25, 0.3) is 5.69 Å². The van der Waals surface area contributed by atoms with Crippen molar-refractivity contribution in [3.05, 3.63) is 39.4 Å². The third kappa shape index (κ3) is 2.50. The lowest BCUT2D eigenvalue weighted by Gasteiger charge is -2.08. The summed E-state index contributed by atoms with van der Waals surface area (Å²) in [5.41, 5.74) is -0.198. The van der Waals surface area contributed by atoms with Gasteiger partial charge in [-0.15, -0.1) is 0 Å². The van der Waals surface area contributed by atoms with Crippen LogP contribution in [0.15, 0.2) is 12.1 Å². The Hall–Kier alpha value is -1.04. The maximum absolute atomic E-state index is 12.9. The average Bonchev–Trinajstić information content (AvgIpc) is 2.20. The van der Waals surface area contributed by atoms with Crippen molar-refractivity contribution in [3.8, 4) is 0 Å². The van der Waals surface area contributed by atoms with Gasteiger partial charge in [-0.3, -0.25) is 10.1 Å². The van der Waals surface area contributed by atoms with Gasteiger partial charge in [0.1, 0.15) is 0 Å². The van der Waals surface area contributed by atoms with Crippen LogP contribution in [-0.2, 0) is 0 Å². The summed E-state index contributed by atoms with van der Waals surface area (Å²) < 4.78 is 25.7. The molecule has 0 radical (unpaired) electrons. The van der Waals surface area contributed by atoms with Crippen LogP contribution < -0.4 is 0 Å². The van der Waals surface area contributed by atoms with E-state index in [1.54, 1.807) is 6.92 Å². The van der Waals surface area contributed by atoms with Gasteiger partial charge in [-0.25, -0.2) is 8.78 Å². The highest BCUT2D eigenvalue weighted by Gasteiger charge is 2.21. The van der Waals surface area contributed by atoms with Gasteiger partial charge in [0.15, 0.2) is 11.6 Å². The largest absolute Gasteiger partial charge is 0.276 e. The van der Waals surface area contributed by atoms with Gasteiger partial charge in [-0.1, -0.05) is 22.9 Å². The van der Waals surface area contributed by atoms with Crippen LogP contribution in [0.4, 0.5) is 14.5 Å². The minimum Gasteiger partial charge on any atom is -0.258 e. The van der Waals surface area contributed by atoms with Crippen molar-refractivity contribution in [3.63, 3.8) is 0 Å². The van der Waals surface area contributed by atoms with Crippen molar-refractivity contribution < 1.29 is 13.7 Å². The second-order valence-corrected chi connectivity index (χ2v) is 3.79. The smallest absolute Gasteiger partial charge is 0.258 e. The SMILES string of the molecule is CC(CBr)c1cc(F)c(F)cc1[N+](=O)[O-]. The van der Waals surface area contributed by atoms with Crippen LogP contribution in [-0.4, -0.2) is 10.3 Å². The van der Waals surface area contributed by atoms with E-state index in [2.05, 4.69) is 15.9 Å². The van der Waals surface area contributed by atoms with E-state index < -0.39 is 16.6 Å². The Balaban J connectivity index is 3.34. The second-order valence-electron chi connectivity index (χ2n) is 3.14. The van der Waals surface area contributed by atoms with Gasteiger partial charge in [0.05, 0.1) is 11.0 Å². The van der Waals surface area contributed by atoms with Crippen LogP contribution in [0.2, 0.25) is 0 Å². The average molecular weight is 280 g/mol. The lowest BCUT2D eigenvalue weighted by atomic mass is 10.0. The topological polar surface area (TPSA) is 43.1 Å². The van der Waals surface area contributed by atoms with E-state index in [-0.39, 0.29) is 17.2 Å². The lowest BCUT2D eigenvalue weighted by molar-refractivity contribution is -0.385. The van der Waals surface area contributed by atoms with Crippen LogP contribution in [0.1, 0.15) is 18.4 Å². The molecule has 15 heavy (non-hydrogen) atoms. The maximum atomic E-state index is 12.9. The van der Waals surface area contributed by atoms with Gasteiger partial charge in [0.2, 0.25) is 0 Å². The fourth-order valence-corrected chi connectivity index (χ4v) is 1.54. The van der Waals surface area contributed by atoms with E-state index in [1.807, 2.05) is 0 Å². The molecule has 1 aromatic carbocycles. The predicted molar refractivity (Wildman–Crippen MR) is 55.2 cm³/mol. The minimum absolute atomic E-state index is 0.191. The minimum atomic E-state index is -1.20. The van der Waals surface area contributed by atoms with E-state index in [9.17, 15) is 18.9 Å². The Morgan fingerprint density at radius 3 is 2.47 bits per heavy atom. The number of nitro groups is 1. The molecule has 1 unspecified atom stereocenters. The standard InChI is InChI=1S/C9H8BrF2NO2/c1-5(4-10)6-2-7(11)8(12)3-9(6)13(14)15/h2-3,5H,4H2,1H3. The van der Waals surface area contributed by atoms with Gasteiger partial charge in [-0.2, -0.15) is 0 Å². The molecule has 6 heteroatoms. The quantitative estimate of drug-likeness (QED) is 0.484. The van der Waals surface area contributed by atoms with Crippen LogP contribution in [0, 0.1) is 21.7 Å². The monoisotopic (exact) mass is 279 g/mol. The zero-order valence-corrected chi connectivity index (χ0v) is 9.42. The lowest BCUT2D eigenvalue weighted by Crippen LogP contribution is -2.03. The Morgan fingerprint density at radius 2 is 2.00 bits per heavy atom. The summed E-state index contributed by atoms with van der Waals surface area (Å²) in [5.74, 6) is -2.52. The number of benzene rings is 1. The zero-order valence-electron chi connectivity index (χ0n) is 7.84. The normalized spacial score (nSPS) is 12.5. The van der Waals surface area contributed by atoms with Crippen molar-refractivity contribution in [1.29, 1.82) is 0 Å². The molecule has 0 aromatic heterocycles. The third-order valence-electron chi connectivity index (χ3n) is 2.03. The molecule has 0 aliphatic carbocycles. The van der Waals surface area contributed by atoms with Crippen LogP contribution in [0.25, 0.3) is 0 Å². The van der Waals surface area contributed by atoms with Crippen LogP contribution in [0.3, 0.4) is 0 Å². The Labute approximate surface area is 93.4 Å². The summed E-state index contributed by atoms with van der Waals surface area (Å²) in [5, 5.41) is 11.1. The Kier molecular flexibility index (Phi) is 3.73. The van der Waals surface area contributed by atoms with E-state index in [0.717, 1.165) is 6.07 Å². The predicted octanol–water partition coefficient (Wildman–Crippen LogP) is 3.37. The summed E-state index contributed by atoms with van der Waals surface area (Å²) in [6, 6.07) is 1.49. The van der Waals surface area contributed by atoms with Crippen molar-refractivity contribution in [1.82, 2.24) is 0 Å². The zero-order chi connectivity index (χ0) is 11.6.